The van der Waals surface area contributed by atoms with E-state index in [0.717, 1.165) is 12.8 Å². The number of rotatable bonds is 4. The topological polar surface area (TPSA) is 94.1 Å². The van der Waals surface area contributed by atoms with Gasteiger partial charge >= 0.3 is 0 Å². The summed E-state index contributed by atoms with van der Waals surface area (Å²) in [5.74, 6) is 1.14. The largest absolute Gasteiger partial charge is 0.337 e. The molecule has 4 rings (SSSR count). The molecule has 26 heavy (non-hydrogen) atoms. The van der Waals surface area contributed by atoms with Gasteiger partial charge in [-0.25, -0.2) is 4.98 Å². The van der Waals surface area contributed by atoms with Gasteiger partial charge in [0.2, 0.25) is 11.8 Å². The quantitative estimate of drug-likeness (QED) is 0.697. The van der Waals surface area contributed by atoms with E-state index >= 15 is 0 Å². The number of hydrogen-bond acceptors (Lipinski definition) is 7. The van der Waals surface area contributed by atoms with Crippen LogP contribution in [0.3, 0.4) is 0 Å². The van der Waals surface area contributed by atoms with Gasteiger partial charge in [0.1, 0.15) is 17.3 Å². The van der Waals surface area contributed by atoms with Gasteiger partial charge in [-0.3, -0.25) is 14.2 Å². The first-order valence-electron chi connectivity index (χ1n) is 8.60. The molecule has 1 saturated heterocycles. The molecule has 3 aromatic rings. The average molecular weight is 373 g/mol. The van der Waals surface area contributed by atoms with E-state index in [0.29, 0.717) is 28.5 Å². The Kier molecular flexibility index (Phi) is 4.31. The molecule has 0 radical (unpaired) electrons. The van der Waals surface area contributed by atoms with Gasteiger partial charge in [-0.1, -0.05) is 19.0 Å². The third-order valence-corrected chi connectivity index (χ3v) is 5.47. The van der Waals surface area contributed by atoms with Crippen LogP contribution in [0, 0.1) is 0 Å². The standard InChI is InChI=1S/C17H19N5O3S/c1-10(2)15-19-16(25-20-15)12-4-3-6-22(12)13(23)8-21-9-18-11-5-7-26-14(11)17(21)24/h5,7,9-10,12H,3-4,6,8H2,1-2H3/t12-/m0/s1. The van der Waals surface area contributed by atoms with E-state index in [4.69, 9.17) is 4.52 Å². The molecular weight excluding hydrogens is 354 g/mol. The minimum atomic E-state index is -0.225. The van der Waals surface area contributed by atoms with E-state index in [-0.39, 0.29) is 30.0 Å². The lowest BCUT2D eigenvalue weighted by Crippen LogP contribution is -2.36. The highest BCUT2D eigenvalue weighted by Crippen LogP contribution is 2.31. The molecule has 0 bridgehead atoms. The van der Waals surface area contributed by atoms with E-state index in [1.807, 2.05) is 19.2 Å². The number of thiophene rings is 1. The van der Waals surface area contributed by atoms with E-state index in [2.05, 4.69) is 15.1 Å². The maximum atomic E-state index is 12.8. The molecule has 8 nitrogen and oxygen atoms in total. The highest BCUT2D eigenvalue weighted by atomic mass is 32.1. The zero-order chi connectivity index (χ0) is 18.3. The van der Waals surface area contributed by atoms with Crippen LogP contribution in [0.25, 0.3) is 10.2 Å². The van der Waals surface area contributed by atoms with Crippen LogP contribution in [0.1, 0.15) is 50.4 Å². The molecule has 9 heteroatoms. The zero-order valence-corrected chi connectivity index (χ0v) is 15.4. The van der Waals surface area contributed by atoms with Gasteiger partial charge < -0.3 is 9.42 Å². The third kappa shape index (κ3) is 2.92. The Morgan fingerprint density at radius 3 is 3.08 bits per heavy atom. The molecule has 0 saturated carbocycles. The first kappa shape index (κ1) is 16.9. The number of likely N-dealkylation sites (tertiary alicyclic amines) is 1. The van der Waals surface area contributed by atoms with Gasteiger partial charge in [-0.15, -0.1) is 11.3 Å². The summed E-state index contributed by atoms with van der Waals surface area (Å²) >= 11 is 1.34. The predicted molar refractivity (Wildman–Crippen MR) is 96.0 cm³/mol. The fraction of sp³-hybridized carbons (Fsp3) is 0.471. The Morgan fingerprint density at radius 2 is 2.31 bits per heavy atom. The van der Waals surface area contributed by atoms with Crippen molar-refractivity contribution in [3.8, 4) is 0 Å². The lowest BCUT2D eigenvalue weighted by molar-refractivity contribution is -0.133. The summed E-state index contributed by atoms with van der Waals surface area (Å²) in [5.41, 5.74) is 0.476. The second-order valence-electron chi connectivity index (χ2n) is 6.70. The normalized spacial score (nSPS) is 17.5. The number of hydrogen-bond donors (Lipinski definition) is 0. The molecule has 136 valence electrons. The minimum absolute atomic E-state index is 0.0403. The van der Waals surface area contributed by atoms with Crippen molar-refractivity contribution in [1.82, 2.24) is 24.6 Å². The van der Waals surface area contributed by atoms with Crippen LogP contribution in [0.4, 0.5) is 0 Å². The van der Waals surface area contributed by atoms with Crippen molar-refractivity contribution >= 4 is 27.5 Å². The SMILES string of the molecule is CC(C)c1noc([C@@H]2CCCN2C(=O)Cn2cnc3ccsc3c2=O)n1. The Hall–Kier alpha value is -2.55. The van der Waals surface area contributed by atoms with Crippen LogP contribution in [0.2, 0.25) is 0 Å². The number of amides is 1. The van der Waals surface area contributed by atoms with Crippen molar-refractivity contribution in [3.05, 3.63) is 39.8 Å². The summed E-state index contributed by atoms with van der Waals surface area (Å²) in [5, 5.41) is 5.82. The van der Waals surface area contributed by atoms with Crippen molar-refractivity contribution in [3.63, 3.8) is 0 Å². The molecule has 0 aromatic carbocycles. The smallest absolute Gasteiger partial charge is 0.271 e. The van der Waals surface area contributed by atoms with Gasteiger partial charge in [0.05, 0.1) is 11.8 Å². The number of carbonyl (C=O) groups excluding carboxylic acids is 1. The zero-order valence-electron chi connectivity index (χ0n) is 14.6. The molecule has 1 amide bonds. The summed E-state index contributed by atoms with van der Waals surface area (Å²) < 4.78 is 7.31. The molecule has 1 fully saturated rings. The van der Waals surface area contributed by atoms with Crippen LogP contribution >= 0.6 is 11.3 Å². The van der Waals surface area contributed by atoms with Crippen LogP contribution in [-0.4, -0.2) is 37.0 Å². The second kappa shape index (κ2) is 6.64. The fourth-order valence-electron chi connectivity index (χ4n) is 3.17. The molecule has 0 aliphatic carbocycles. The van der Waals surface area contributed by atoms with Gasteiger partial charge in [-0.05, 0) is 24.3 Å². The lowest BCUT2D eigenvalue weighted by atomic mass is 10.2. The number of fused-ring (bicyclic) bond motifs is 1. The highest BCUT2D eigenvalue weighted by Gasteiger charge is 2.34. The van der Waals surface area contributed by atoms with Crippen LogP contribution in [0.15, 0.2) is 27.1 Å². The first-order chi connectivity index (χ1) is 12.5. The Bertz CT molecular complexity index is 1010. The van der Waals surface area contributed by atoms with Gasteiger partial charge in [0, 0.05) is 12.5 Å². The van der Waals surface area contributed by atoms with E-state index < -0.39 is 0 Å². The van der Waals surface area contributed by atoms with Crippen molar-refractivity contribution in [1.29, 1.82) is 0 Å². The molecule has 0 unspecified atom stereocenters. The summed E-state index contributed by atoms with van der Waals surface area (Å²) in [6, 6.07) is 1.57. The summed E-state index contributed by atoms with van der Waals surface area (Å²) in [7, 11) is 0. The van der Waals surface area contributed by atoms with E-state index in [9.17, 15) is 9.59 Å². The van der Waals surface area contributed by atoms with Gasteiger partial charge in [-0.2, -0.15) is 4.98 Å². The van der Waals surface area contributed by atoms with Crippen molar-refractivity contribution in [2.24, 2.45) is 0 Å². The summed E-state index contributed by atoms with van der Waals surface area (Å²) in [6.07, 6.45) is 3.08. The molecule has 3 aromatic heterocycles. The average Bonchev–Trinajstić information content (AvgIpc) is 3.36. The summed E-state index contributed by atoms with van der Waals surface area (Å²) in [6.45, 7) is 4.56. The Labute approximate surface area is 153 Å². The monoisotopic (exact) mass is 373 g/mol. The van der Waals surface area contributed by atoms with Crippen molar-refractivity contribution in [2.75, 3.05) is 6.54 Å². The Morgan fingerprint density at radius 1 is 1.46 bits per heavy atom. The predicted octanol–water partition coefficient (Wildman–Crippen LogP) is 2.33. The molecule has 0 spiro atoms. The molecule has 1 aliphatic rings. The molecule has 1 aliphatic heterocycles. The molecular formula is C17H19N5O3S. The highest BCUT2D eigenvalue weighted by molar-refractivity contribution is 7.17. The van der Waals surface area contributed by atoms with Crippen molar-refractivity contribution in [2.45, 2.75) is 45.2 Å². The fourth-order valence-corrected chi connectivity index (χ4v) is 3.96. The third-order valence-electron chi connectivity index (χ3n) is 4.57. The maximum absolute atomic E-state index is 12.8. The molecule has 4 heterocycles. The van der Waals surface area contributed by atoms with Gasteiger partial charge in [0.25, 0.3) is 5.56 Å². The van der Waals surface area contributed by atoms with Crippen LogP contribution in [-0.2, 0) is 11.3 Å². The van der Waals surface area contributed by atoms with E-state index in [1.54, 1.807) is 11.0 Å². The van der Waals surface area contributed by atoms with E-state index in [1.165, 1.54) is 22.2 Å². The molecule has 0 N–H and O–H groups in total. The molecule has 1 atom stereocenters. The number of nitrogens with zero attached hydrogens (tertiary/aromatic N) is 5. The van der Waals surface area contributed by atoms with Crippen LogP contribution < -0.4 is 5.56 Å². The first-order valence-corrected chi connectivity index (χ1v) is 9.48. The maximum Gasteiger partial charge on any atom is 0.271 e. The van der Waals surface area contributed by atoms with Crippen molar-refractivity contribution < 1.29 is 9.32 Å². The second-order valence-corrected chi connectivity index (χ2v) is 7.62. The van der Waals surface area contributed by atoms with Gasteiger partial charge in [0.15, 0.2) is 5.82 Å². The number of carbonyl (C=O) groups is 1. The summed E-state index contributed by atoms with van der Waals surface area (Å²) in [4.78, 5) is 35.7. The number of aromatic nitrogens is 4. The lowest BCUT2D eigenvalue weighted by Gasteiger charge is -2.22. The van der Waals surface area contributed by atoms with Crippen LogP contribution in [0.5, 0.6) is 0 Å². The minimum Gasteiger partial charge on any atom is -0.337 e. The Balaban J connectivity index is 1.56.